The van der Waals surface area contributed by atoms with Gasteiger partial charge in [-0.3, -0.25) is 0 Å². The number of guanidine groups is 1. The summed E-state index contributed by atoms with van der Waals surface area (Å²) in [7, 11) is 1.93. The molecule has 23 heavy (non-hydrogen) atoms. The van der Waals surface area contributed by atoms with Crippen LogP contribution in [0.2, 0.25) is 0 Å². The number of rotatable bonds is 6. The van der Waals surface area contributed by atoms with E-state index in [9.17, 15) is 0 Å². The predicted molar refractivity (Wildman–Crippen MR) is 104 cm³/mol. The molecule has 1 heterocycles. The van der Waals surface area contributed by atoms with E-state index in [1.54, 1.807) is 6.33 Å². The molecule has 0 amide bonds. The van der Waals surface area contributed by atoms with Crippen molar-refractivity contribution in [1.29, 1.82) is 0 Å². The molecule has 0 atom stereocenters. The average Bonchev–Trinajstić information content (AvgIpc) is 2.92. The molecule has 0 saturated heterocycles. The molecular formula is C16H25IN6. The third kappa shape index (κ3) is 6.98. The van der Waals surface area contributed by atoms with Crippen molar-refractivity contribution in [1.82, 2.24) is 25.4 Å². The second-order valence-corrected chi connectivity index (χ2v) is 5.64. The molecule has 0 bridgehead atoms. The summed E-state index contributed by atoms with van der Waals surface area (Å²) in [4.78, 5) is 4.63. The van der Waals surface area contributed by atoms with Crippen LogP contribution in [0.3, 0.4) is 0 Å². The van der Waals surface area contributed by atoms with E-state index in [-0.39, 0.29) is 24.0 Å². The largest absolute Gasteiger partial charge is 0.356 e. The molecule has 2 N–H and O–H groups in total. The molecule has 0 aliphatic heterocycles. The minimum atomic E-state index is 0. The summed E-state index contributed by atoms with van der Waals surface area (Å²) in [6.45, 7) is 6.46. The van der Waals surface area contributed by atoms with E-state index in [4.69, 9.17) is 0 Å². The number of aliphatic imine (C=N–C) groups is 1. The van der Waals surface area contributed by atoms with E-state index in [0.717, 1.165) is 18.3 Å². The van der Waals surface area contributed by atoms with Gasteiger partial charge in [-0.25, -0.2) is 4.99 Å². The third-order valence-electron chi connectivity index (χ3n) is 3.16. The van der Waals surface area contributed by atoms with Gasteiger partial charge in [-0.15, -0.1) is 34.2 Å². The fraction of sp³-hybridized carbons (Fsp3) is 0.438. The molecular weight excluding hydrogens is 403 g/mol. The van der Waals surface area contributed by atoms with Crippen LogP contribution in [0.25, 0.3) is 0 Å². The molecule has 126 valence electrons. The number of hydrogen-bond acceptors (Lipinski definition) is 3. The second kappa shape index (κ2) is 10.2. The van der Waals surface area contributed by atoms with Crippen LogP contribution >= 0.6 is 24.0 Å². The zero-order valence-electron chi connectivity index (χ0n) is 13.9. The normalized spacial score (nSPS) is 11.2. The third-order valence-corrected chi connectivity index (χ3v) is 3.16. The predicted octanol–water partition coefficient (Wildman–Crippen LogP) is 2.32. The number of nitrogens with one attached hydrogen (secondary N) is 2. The molecule has 0 aliphatic carbocycles. The summed E-state index contributed by atoms with van der Waals surface area (Å²) in [6.07, 6.45) is 1.69. The van der Waals surface area contributed by atoms with Crippen LogP contribution in [0.15, 0.2) is 41.7 Å². The van der Waals surface area contributed by atoms with Crippen LogP contribution < -0.4 is 10.6 Å². The summed E-state index contributed by atoms with van der Waals surface area (Å²) in [5, 5.41) is 14.6. The molecule has 2 aromatic rings. The van der Waals surface area contributed by atoms with Crippen molar-refractivity contribution in [3.8, 4) is 0 Å². The first kappa shape index (κ1) is 19.4. The van der Waals surface area contributed by atoms with Gasteiger partial charge in [0.2, 0.25) is 0 Å². The molecule has 0 aliphatic rings. The zero-order valence-corrected chi connectivity index (χ0v) is 16.2. The van der Waals surface area contributed by atoms with Crippen molar-refractivity contribution >= 4 is 29.9 Å². The number of benzene rings is 1. The van der Waals surface area contributed by atoms with Crippen LogP contribution in [0, 0.1) is 5.92 Å². The fourth-order valence-corrected chi connectivity index (χ4v) is 1.86. The SMILES string of the molecule is CC(C)CNC(=NCc1ccccc1)NCc1nncn1C.I. The Morgan fingerprint density at radius 3 is 2.57 bits per heavy atom. The Labute approximate surface area is 154 Å². The summed E-state index contributed by atoms with van der Waals surface area (Å²) < 4.78 is 1.89. The Bertz CT molecular complexity index is 594. The van der Waals surface area contributed by atoms with Crippen molar-refractivity contribution in [2.24, 2.45) is 18.0 Å². The molecule has 0 unspecified atom stereocenters. The molecule has 1 aromatic heterocycles. The highest BCUT2D eigenvalue weighted by molar-refractivity contribution is 14.0. The zero-order chi connectivity index (χ0) is 15.8. The molecule has 0 saturated carbocycles. The van der Waals surface area contributed by atoms with Crippen LogP contribution in [-0.2, 0) is 20.1 Å². The van der Waals surface area contributed by atoms with Crippen molar-refractivity contribution in [3.63, 3.8) is 0 Å². The van der Waals surface area contributed by atoms with Gasteiger partial charge in [0.25, 0.3) is 0 Å². The smallest absolute Gasteiger partial charge is 0.191 e. The average molecular weight is 428 g/mol. The number of halogens is 1. The lowest BCUT2D eigenvalue weighted by atomic mass is 10.2. The summed E-state index contributed by atoms with van der Waals surface area (Å²) >= 11 is 0. The molecule has 1 aromatic carbocycles. The Kier molecular flexibility index (Phi) is 8.60. The van der Waals surface area contributed by atoms with Crippen molar-refractivity contribution in [2.75, 3.05) is 6.54 Å². The maximum absolute atomic E-state index is 4.63. The van der Waals surface area contributed by atoms with E-state index in [1.165, 1.54) is 5.56 Å². The molecule has 7 heteroatoms. The van der Waals surface area contributed by atoms with Crippen LogP contribution in [0.4, 0.5) is 0 Å². The Hall–Kier alpha value is -1.64. The van der Waals surface area contributed by atoms with Gasteiger partial charge in [0.1, 0.15) is 6.33 Å². The maximum Gasteiger partial charge on any atom is 0.191 e. The van der Waals surface area contributed by atoms with Crippen LogP contribution in [-0.4, -0.2) is 27.3 Å². The number of hydrogen-bond donors (Lipinski definition) is 2. The first-order valence-corrected chi connectivity index (χ1v) is 7.54. The second-order valence-electron chi connectivity index (χ2n) is 5.64. The highest BCUT2D eigenvalue weighted by Crippen LogP contribution is 2.00. The van der Waals surface area contributed by atoms with E-state index in [0.29, 0.717) is 19.0 Å². The van der Waals surface area contributed by atoms with Crippen LogP contribution in [0.5, 0.6) is 0 Å². The number of aromatic nitrogens is 3. The standard InChI is InChI=1S/C16H24N6.HI/c1-13(2)9-17-16(18-10-14-7-5-4-6-8-14)19-11-15-21-20-12-22(15)3;/h4-8,12-13H,9-11H2,1-3H3,(H2,17,18,19);1H. The van der Waals surface area contributed by atoms with Gasteiger partial charge < -0.3 is 15.2 Å². The van der Waals surface area contributed by atoms with E-state index in [2.05, 4.69) is 51.8 Å². The van der Waals surface area contributed by atoms with E-state index in [1.807, 2.05) is 29.8 Å². The molecule has 2 rings (SSSR count). The topological polar surface area (TPSA) is 67.1 Å². The lowest BCUT2D eigenvalue weighted by Gasteiger charge is -2.14. The minimum Gasteiger partial charge on any atom is -0.356 e. The fourth-order valence-electron chi connectivity index (χ4n) is 1.86. The minimum absolute atomic E-state index is 0. The lowest BCUT2D eigenvalue weighted by Crippen LogP contribution is -2.39. The monoisotopic (exact) mass is 428 g/mol. The van der Waals surface area contributed by atoms with Gasteiger partial charge >= 0.3 is 0 Å². The van der Waals surface area contributed by atoms with Crippen molar-refractivity contribution in [2.45, 2.75) is 26.9 Å². The highest BCUT2D eigenvalue weighted by Gasteiger charge is 2.04. The number of aryl methyl sites for hydroxylation is 1. The Morgan fingerprint density at radius 1 is 1.22 bits per heavy atom. The van der Waals surface area contributed by atoms with Gasteiger partial charge in [0.15, 0.2) is 11.8 Å². The van der Waals surface area contributed by atoms with Crippen molar-refractivity contribution in [3.05, 3.63) is 48.0 Å². The van der Waals surface area contributed by atoms with Gasteiger partial charge in [-0.1, -0.05) is 44.2 Å². The van der Waals surface area contributed by atoms with Crippen LogP contribution in [0.1, 0.15) is 25.2 Å². The number of nitrogens with zero attached hydrogens (tertiary/aromatic N) is 4. The molecule has 0 spiro atoms. The Morgan fingerprint density at radius 2 is 1.96 bits per heavy atom. The van der Waals surface area contributed by atoms with Crippen molar-refractivity contribution < 1.29 is 0 Å². The molecule has 6 nitrogen and oxygen atoms in total. The lowest BCUT2D eigenvalue weighted by molar-refractivity contribution is 0.610. The maximum atomic E-state index is 4.63. The molecule has 0 radical (unpaired) electrons. The van der Waals surface area contributed by atoms with E-state index >= 15 is 0 Å². The first-order chi connectivity index (χ1) is 10.6. The highest BCUT2D eigenvalue weighted by atomic mass is 127. The molecule has 0 fully saturated rings. The van der Waals surface area contributed by atoms with Gasteiger partial charge in [-0.2, -0.15) is 0 Å². The van der Waals surface area contributed by atoms with Gasteiger partial charge in [-0.05, 0) is 11.5 Å². The summed E-state index contributed by atoms with van der Waals surface area (Å²) in [6, 6.07) is 10.2. The quantitative estimate of drug-likeness (QED) is 0.421. The first-order valence-electron chi connectivity index (χ1n) is 7.54. The Balaban J connectivity index is 0.00000264. The van der Waals surface area contributed by atoms with Gasteiger partial charge in [0.05, 0.1) is 13.1 Å². The summed E-state index contributed by atoms with van der Waals surface area (Å²) in [5.41, 5.74) is 1.19. The van der Waals surface area contributed by atoms with Gasteiger partial charge in [0, 0.05) is 13.6 Å². The van der Waals surface area contributed by atoms with E-state index < -0.39 is 0 Å². The summed E-state index contributed by atoms with van der Waals surface area (Å²) in [5.74, 6) is 2.22.